The number of nitrogens with one attached hydrogen (secondary N) is 1. The van der Waals surface area contributed by atoms with Crippen molar-refractivity contribution in [3.8, 4) is 5.75 Å². The Hall–Kier alpha value is -2.62. The summed E-state index contributed by atoms with van der Waals surface area (Å²) in [6.07, 6.45) is 0.740. The number of rotatable bonds is 4. The molecule has 2 aromatic rings. The van der Waals surface area contributed by atoms with E-state index in [9.17, 15) is 9.59 Å². The van der Waals surface area contributed by atoms with E-state index in [-0.39, 0.29) is 5.91 Å². The normalized spacial score (nSPS) is 9.74. The molecule has 4 nitrogen and oxygen atoms in total. The van der Waals surface area contributed by atoms with Crippen LogP contribution in [-0.2, 0) is 0 Å². The molecule has 1 amide bonds. The van der Waals surface area contributed by atoms with Crippen LogP contribution in [0.15, 0.2) is 48.5 Å². The molecule has 2 aromatic carbocycles. The summed E-state index contributed by atoms with van der Waals surface area (Å²) in [5, 5.41) is 2.76. The van der Waals surface area contributed by atoms with E-state index in [0.717, 1.165) is 6.29 Å². The zero-order valence-corrected chi connectivity index (χ0v) is 10.4. The number of ether oxygens (including phenoxy) is 1. The van der Waals surface area contributed by atoms with E-state index in [1.165, 1.54) is 0 Å². The molecule has 0 spiro atoms. The first kappa shape index (κ1) is 12.8. The van der Waals surface area contributed by atoms with Crippen molar-refractivity contribution in [1.82, 2.24) is 0 Å². The first-order valence-electron chi connectivity index (χ1n) is 5.73. The molecule has 0 unspecified atom stereocenters. The van der Waals surface area contributed by atoms with Gasteiger partial charge < -0.3 is 10.1 Å². The van der Waals surface area contributed by atoms with Crippen LogP contribution in [0.1, 0.15) is 20.7 Å². The Morgan fingerprint density at radius 1 is 1.16 bits per heavy atom. The van der Waals surface area contributed by atoms with E-state index < -0.39 is 0 Å². The van der Waals surface area contributed by atoms with E-state index >= 15 is 0 Å². The average molecular weight is 255 g/mol. The number of anilines is 1. The van der Waals surface area contributed by atoms with Crippen molar-refractivity contribution in [2.24, 2.45) is 0 Å². The van der Waals surface area contributed by atoms with Crippen molar-refractivity contribution in [2.45, 2.75) is 0 Å². The molecule has 0 aliphatic rings. The van der Waals surface area contributed by atoms with Gasteiger partial charge in [-0.2, -0.15) is 0 Å². The fourth-order valence-corrected chi connectivity index (χ4v) is 1.62. The monoisotopic (exact) mass is 255 g/mol. The van der Waals surface area contributed by atoms with Gasteiger partial charge in [0.05, 0.1) is 7.11 Å². The SMILES string of the molecule is COc1cccc(NC(=O)c2ccc(C=O)cc2)c1. The smallest absolute Gasteiger partial charge is 0.255 e. The van der Waals surface area contributed by atoms with E-state index in [1.807, 2.05) is 0 Å². The number of amides is 1. The maximum Gasteiger partial charge on any atom is 0.255 e. The van der Waals surface area contributed by atoms with Crippen LogP contribution in [0.2, 0.25) is 0 Å². The van der Waals surface area contributed by atoms with Gasteiger partial charge in [-0.25, -0.2) is 0 Å². The minimum atomic E-state index is -0.231. The summed E-state index contributed by atoms with van der Waals surface area (Å²) in [7, 11) is 1.57. The molecular weight excluding hydrogens is 242 g/mol. The van der Waals surface area contributed by atoms with Crippen molar-refractivity contribution in [1.29, 1.82) is 0 Å². The maximum atomic E-state index is 12.0. The topological polar surface area (TPSA) is 55.4 Å². The highest BCUT2D eigenvalue weighted by Gasteiger charge is 2.06. The zero-order valence-electron chi connectivity index (χ0n) is 10.4. The molecule has 0 bridgehead atoms. The van der Waals surface area contributed by atoms with E-state index in [2.05, 4.69) is 5.32 Å². The van der Waals surface area contributed by atoms with Gasteiger partial charge in [0.1, 0.15) is 12.0 Å². The summed E-state index contributed by atoms with van der Waals surface area (Å²) < 4.78 is 5.08. The van der Waals surface area contributed by atoms with Crippen LogP contribution >= 0.6 is 0 Å². The minimum Gasteiger partial charge on any atom is -0.497 e. The molecule has 0 aliphatic heterocycles. The molecule has 0 saturated carbocycles. The number of hydrogen-bond donors (Lipinski definition) is 1. The Bertz CT molecular complexity index is 591. The first-order valence-corrected chi connectivity index (χ1v) is 5.73. The van der Waals surface area contributed by atoms with Crippen LogP contribution in [0.4, 0.5) is 5.69 Å². The van der Waals surface area contributed by atoms with Crippen molar-refractivity contribution >= 4 is 17.9 Å². The molecule has 96 valence electrons. The minimum absolute atomic E-state index is 0.231. The highest BCUT2D eigenvalue weighted by atomic mass is 16.5. The Kier molecular flexibility index (Phi) is 3.93. The average Bonchev–Trinajstić information content (AvgIpc) is 2.47. The maximum absolute atomic E-state index is 12.0. The van der Waals surface area contributed by atoms with Crippen molar-refractivity contribution in [2.75, 3.05) is 12.4 Å². The summed E-state index contributed by atoms with van der Waals surface area (Å²) in [6, 6.07) is 13.5. The molecule has 0 radical (unpaired) electrons. The van der Waals surface area contributed by atoms with Gasteiger partial charge in [0, 0.05) is 22.9 Å². The Balaban J connectivity index is 2.13. The summed E-state index contributed by atoms with van der Waals surface area (Å²) in [6.45, 7) is 0. The molecule has 0 heterocycles. The number of aldehydes is 1. The quantitative estimate of drug-likeness (QED) is 0.855. The van der Waals surface area contributed by atoms with Gasteiger partial charge in [-0.15, -0.1) is 0 Å². The second kappa shape index (κ2) is 5.82. The van der Waals surface area contributed by atoms with E-state index in [0.29, 0.717) is 22.6 Å². The van der Waals surface area contributed by atoms with Crippen LogP contribution < -0.4 is 10.1 Å². The Morgan fingerprint density at radius 2 is 1.89 bits per heavy atom. The van der Waals surface area contributed by atoms with Gasteiger partial charge in [0.25, 0.3) is 5.91 Å². The lowest BCUT2D eigenvalue weighted by molar-refractivity contribution is 0.102. The summed E-state index contributed by atoms with van der Waals surface area (Å²) in [5.41, 5.74) is 1.69. The van der Waals surface area contributed by atoms with E-state index in [4.69, 9.17) is 4.74 Å². The van der Waals surface area contributed by atoms with E-state index in [1.54, 1.807) is 55.6 Å². The highest BCUT2D eigenvalue weighted by molar-refractivity contribution is 6.04. The zero-order chi connectivity index (χ0) is 13.7. The lowest BCUT2D eigenvalue weighted by atomic mass is 10.1. The lowest BCUT2D eigenvalue weighted by Gasteiger charge is -2.07. The molecule has 0 aromatic heterocycles. The number of carbonyl (C=O) groups is 2. The first-order chi connectivity index (χ1) is 9.22. The van der Waals surface area contributed by atoms with Gasteiger partial charge >= 0.3 is 0 Å². The fourth-order valence-electron chi connectivity index (χ4n) is 1.62. The van der Waals surface area contributed by atoms with Crippen LogP contribution in [0.5, 0.6) is 5.75 Å². The highest BCUT2D eigenvalue weighted by Crippen LogP contribution is 2.17. The molecule has 0 saturated heterocycles. The summed E-state index contributed by atoms with van der Waals surface area (Å²) >= 11 is 0. The van der Waals surface area contributed by atoms with Gasteiger partial charge in [-0.1, -0.05) is 18.2 Å². The third-order valence-corrected chi connectivity index (χ3v) is 2.64. The molecule has 0 atom stereocenters. The van der Waals surface area contributed by atoms with Crippen LogP contribution in [0.3, 0.4) is 0 Å². The third-order valence-electron chi connectivity index (χ3n) is 2.64. The van der Waals surface area contributed by atoms with Crippen molar-refractivity contribution < 1.29 is 14.3 Å². The Morgan fingerprint density at radius 3 is 2.53 bits per heavy atom. The molecule has 19 heavy (non-hydrogen) atoms. The Labute approximate surface area is 111 Å². The molecule has 4 heteroatoms. The predicted octanol–water partition coefficient (Wildman–Crippen LogP) is 2.76. The van der Waals surface area contributed by atoms with Gasteiger partial charge in [-0.3, -0.25) is 9.59 Å². The van der Waals surface area contributed by atoms with Crippen LogP contribution in [0.25, 0.3) is 0 Å². The van der Waals surface area contributed by atoms with Gasteiger partial charge in [0.15, 0.2) is 0 Å². The molecular formula is C15H13NO3. The summed E-state index contributed by atoms with van der Waals surface area (Å²) in [4.78, 5) is 22.5. The third kappa shape index (κ3) is 3.19. The molecule has 2 rings (SSSR count). The fraction of sp³-hybridized carbons (Fsp3) is 0.0667. The number of methoxy groups -OCH3 is 1. The van der Waals surface area contributed by atoms with Crippen molar-refractivity contribution in [3.05, 3.63) is 59.7 Å². The largest absolute Gasteiger partial charge is 0.497 e. The molecule has 1 N–H and O–H groups in total. The van der Waals surface area contributed by atoms with Crippen LogP contribution in [-0.4, -0.2) is 19.3 Å². The molecule has 0 aliphatic carbocycles. The number of benzene rings is 2. The standard InChI is InChI=1S/C15H13NO3/c1-19-14-4-2-3-13(9-14)16-15(18)12-7-5-11(10-17)6-8-12/h2-10H,1H3,(H,16,18). The summed E-state index contributed by atoms with van der Waals surface area (Å²) in [5.74, 6) is 0.444. The van der Waals surface area contributed by atoms with Gasteiger partial charge in [0.2, 0.25) is 0 Å². The van der Waals surface area contributed by atoms with Crippen LogP contribution in [0, 0.1) is 0 Å². The number of hydrogen-bond acceptors (Lipinski definition) is 3. The van der Waals surface area contributed by atoms with Gasteiger partial charge in [-0.05, 0) is 24.3 Å². The van der Waals surface area contributed by atoms with Crippen molar-refractivity contribution in [3.63, 3.8) is 0 Å². The predicted molar refractivity (Wildman–Crippen MR) is 72.8 cm³/mol. The molecule has 0 fully saturated rings. The second-order valence-corrected chi connectivity index (χ2v) is 3.93. The number of carbonyl (C=O) groups excluding carboxylic acids is 2. The lowest BCUT2D eigenvalue weighted by Crippen LogP contribution is -2.11. The second-order valence-electron chi connectivity index (χ2n) is 3.93.